The Hall–Kier alpha value is -2.99. The van der Waals surface area contributed by atoms with E-state index in [1.165, 1.54) is 20.3 Å². The molecular formula is C20H20O6. The first kappa shape index (κ1) is 17.8. The number of rotatable bonds is 5. The highest BCUT2D eigenvalue weighted by Crippen LogP contribution is 2.46. The normalized spacial score (nSPS) is 18.7. The lowest BCUT2D eigenvalue weighted by Gasteiger charge is -2.32. The largest absolute Gasteiger partial charge is 0.504 e. The van der Waals surface area contributed by atoms with Gasteiger partial charge in [-0.25, -0.2) is 0 Å². The maximum atomic E-state index is 11.6. The first-order chi connectivity index (χ1) is 12.5. The minimum Gasteiger partial charge on any atom is -0.504 e. The molecule has 0 saturated carbocycles. The van der Waals surface area contributed by atoms with Crippen LogP contribution in [0.4, 0.5) is 0 Å². The number of carbonyl (C=O) groups excluding carboxylic acids is 1. The predicted molar refractivity (Wildman–Crippen MR) is 95.8 cm³/mol. The molecule has 0 heterocycles. The van der Waals surface area contributed by atoms with E-state index >= 15 is 0 Å². The summed E-state index contributed by atoms with van der Waals surface area (Å²) in [6.45, 7) is -0.245. The topological polar surface area (TPSA) is 96.2 Å². The standard InChI is InChI=1S/C20H20O6/c1-25-18-6-11(3-4-16(18)23)20-14-8-17(24)19(26-2)7-12(14)5-13(9-21)15(20)10-22/h3-9,15,20,22-24H,10H2,1-2H3/t15-,20-/m0/s1. The Morgan fingerprint density at radius 3 is 2.35 bits per heavy atom. The Bertz CT molecular complexity index is 871. The van der Waals surface area contributed by atoms with Crippen molar-refractivity contribution in [3.05, 3.63) is 52.6 Å². The molecule has 2 aromatic carbocycles. The zero-order valence-electron chi connectivity index (χ0n) is 14.5. The smallest absolute Gasteiger partial charge is 0.161 e. The van der Waals surface area contributed by atoms with Crippen molar-refractivity contribution in [1.82, 2.24) is 0 Å². The Kier molecular flexibility index (Phi) is 4.86. The van der Waals surface area contributed by atoms with Crippen molar-refractivity contribution in [2.45, 2.75) is 5.92 Å². The maximum absolute atomic E-state index is 11.6. The molecular weight excluding hydrogens is 336 g/mol. The van der Waals surface area contributed by atoms with Gasteiger partial charge in [0, 0.05) is 11.8 Å². The van der Waals surface area contributed by atoms with Gasteiger partial charge in [0.15, 0.2) is 23.0 Å². The molecule has 6 nitrogen and oxygen atoms in total. The van der Waals surface area contributed by atoms with E-state index in [0.29, 0.717) is 17.1 Å². The van der Waals surface area contributed by atoms with Crippen LogP contribution in [0.25, 0.3) is 6.08 Å². The number of benzene rings is 2. The minimum absolute atomic E-state index is 0.00318. The number of aldehydes is 1. The number of phenols is 2. The average Bonchev–Trinajstić information content (AvgIpc) is 2.66. The number of aliphatic hydroxyl groups is 1. The van der Waals surface area contributed by atoms with Gasteiger partial charge in [0.1, 0.15) is 6.29 Å². The van der Waals surface area contributed by atoms with Gasteiger partial charge >= 0.3 is 0 Å². The Morgan fingerprint density at radius 1 is 1.04 bits per heavy atom. The summed E-state index contributed by atoms with van der Waals surface area (Å²) in [4.78, 5) is 11.6. The number of aromatic hydroxyl groups is 2. The SMILES string of the molecule is COc1cc([C@H]2c3cc(O)c(OC)cc3C=C(C=O)[C@@H]2CO)ccc1O. The Morgan fingerprint density at radius 2 is 1.73 bits per heavy atom. The molecule has 0 amide bonds. The molecule has 0 bridgehead atoms. The number of hydrogen-bond acceptors (Lipinski definition) is 6. The lowest BCUT2D eigenvalue weighted by Crippen LogP contribution is -2.25. The molecule has 0 unspecified atom stereocenters. The second-order valence-corrected chi connectivity index (χ2v) is 6.11. The van der Waals surface area contributed by atoms with E-state index in [-0.39, 0.29) is 18.1 Å². The molecule has 136 valence electrons. The fraction of sp³-hybridized carbons (Fsp3) is 0.250. The van der Waals surface area contributed by atoms with Crippen LogP contribution in [0.2, 0.25) is 0 Å². The first-order valence-corrected chi connectivity index (χ1v) is 8.09. The summed E-state index contributed by atoms with van der Waals surface area (Å²) in [7, 11) is 2.90. The van der Waals surface area contributed by atoms with Gasteiger partial charge in [0.25, 0.3) is 0 Å². The summed E-state index contributed by atoms with van der Waals surface area (Å²) in [6.07, 6.45) is 2.42. The summed E-state index contributed by atoms with van der Waals surface area (Å²) >= 11 is 0. The highest BCUT2D eigenvalue weighted by Gasteiger charge is 2.34. The molecule has 0 fully saturated rings. The Labute approximate surface area is 150 Å². The van der Waals surface area contributed by atoms with Crippen LogP contribution >= 0.6 is 0 Å². The maximum Gasteiger partial charge on any atom is 0.161 e. The van der Waals surface area contributed by atoms with Crippen LogP contribution in [-0.4, -0.2) is 42.4 Å². The van der Waals surface area contributed by atoms with Crippen LogP contribution in [0.3, 0.4) is 0 Å². The fourth-order valence-corrected chi connectivity index (χ4v) is 3.49. The van der Waals surface area contributed by atoms with Crippen molar-refractivity contribution in [1.29, 1.82) is 0 Å². The fourth-order valence-electron chi connectivity index (χ4n) is 3.49. The van der Waals surface area contributed by atoms with Crippen LogP contribution in [0.5, 0.6) is 23.0 Å². The first-order valence-electron chi connectivity index (χ1n) is 8.09. The van der Waals surface area contributed by atoms with Gasteiger partial charge in [-0.3, -0.25) is 4.79 Å². The molecule has 26 heavy (non-hydrogen) atoms. The van der Waals surface area contributed by atoms with Crippen molar-refractivity contribution >= 4 is 12.4 Å². The number of carbonyl (C=O) groups is 1. The summed E-state index contributed by atoms with van der Waals surface area (Å²) in [6, 6.07) is 8.13. The van der Waals surface area contributed by atoms with Crippen molar-refractivity contribution in [3.63, 3.8) is 0 Å². The van der Waals surface area contributed by atoms with Gasteiger partial charge in [0.05, 0.1) is 20.8 Å². The minimum atomic E-state index is -0.484. The monoisotopic (exact) mass is 356 g/mol. The van der Waals surface area contributed by atoms with Crippen molar-refractivity contribution in [2.24, 2.45) is 5.92 Å². The molecule has 0 spiro atoms. The number of methoxy groups -OCH3 is 2. The lowest BCUT2D eigenvalue weighted by atomic mass is 9.72. The highest BCUT2D eigenvalue weighted by atomic mass is 16.5. The van der Waals surface area contributed by atoms with E-state index in [1.54, 1.807) is 30.3 Å². The Balaban J connectivity index is 2.24. The van der Waals surface area contributed by atoms with Gasteiger partial charge in [-0.2, -0.15) is 0 Å². The second-order valence-electron chi connectivity index (χ2n) is 6.11. The quantitative estimate of drug-likeness (QED) is 0.712. The zero-order valence-corrected chi connectivity index (χ0v) is 14.5. The number of phenolic OH excluding ortho intramolecular Hbond substituents is 2. The molecule has 3 N–H and O–H groups in total. The molecule has 3 rings (SSSR count). The molecule has 6 heteroatoms. The molecule has 2 atom stereocenters. The van der Waals surface area contributed by atoms with E-state index in [9.17, 15) is 20.1 Å². The molecule has 0 saturated heterocycles. The summed E-state index contributed by atoms with van der Waals surface area (Å²) in [5.41, 5.74) is 2.67. The van der Waals surface area contributed by atoms with Gasteiger partial charge in [-0.15, -0.1) is 0 Å². The third kappa shape index (κ3) is 2.88. The van der Waals surface area contributed by atoms with Gasteiger partial charge in [0.2, 0.25) is 0 Å². The van der Waals surface area contributed by atoms with Crippen LogP contribution < -0.4 is 9.47 Å². The number of hydrogen-bond donors (Lipinski definition) is 3. The van der Waals surface area contributed by atoms with Crippen molar-refractivity contribution in [2.75, 3.05) is 20.8 Å². The van der Waals surface area contributed by atoms with Crippen LogP contribution in [0.1, 0.15) is 22.6 Å². The van der Waals surface area contributed by atoms with Gasteiger partial charge in [-0.1, -0.05) is 6.07 Å². The second kappa shape index (κ2) is 7.09. The van der Waals surface area contributed by atoms with Gasteiger partial charge < -0.3 is 24.8 Å². The van der Waals surface area contributed by atoms with Gasteiger partial charge in [-0.05, 0) is 52.6 Å². The third-order valence-corrected chi connectivity index (χ3v) is 4.77. The molecule has 1 aliphatic rings. The van der Waals surface area contributed by atoms with Crippen LogP contribution in [0.15, 0.2) is 35.9 Å². The molecule has 2 aromatic rings. The summed E-state index contributed by atoms with van der Waals surface area (Å²) < 4.78 is 10.3. The summed E-state index contributed by atoms with van der Waals surface area (Å²) in [5.74, 6) is -0.317. The van der Waals surface area contributed by atoms with E-state index in [0.717, 1.165) is 23.0 Å². The number of ether oxygens (including phenoxy) is 2. The molecule has 0 aliphatic heterocycles. The van der Waals surface area contributed by atoms with E-state index < -0.39 is 11.8 Å². The van der Waals surface area contributed by atoms with E-state index in [2.05, 4.69) is 0 Å². The zero-order chi connectivity index (χ0) is 18.8. The van der Waals surface area contributed by atoms with Crippen LogP contribution in [0, 0.1) is 5.92 Å². The number of aliphatic hydroxyl groups excluding tert-OH is 1. The van der Waals surface area contributed by atoms with Crippen molar-refractivity contribution in [3.8, 4) is 23.0 Å². The van der Waals surface area contributed by atoms with Crippen LogP contribution in [-0.2, 0) is 4.79 Å². The van der Waals surface area contributed by atoms with E-state index in [4.69, 9.17) is 9.47 Å². The predicted octanol–water partition coefficient (Wildman–Crippen LogP) is 2.45. The third-order valence-electron chi connectivity index (χ3n) is 4.77. The average molecular weight is 356 g/mol. The summed E-state index contributed by atoms with van der Waals surface area (Å²) in [5, 5.41) is 30.0. The molecule has 1 aliphatic carbocycles. The molecule has 0 aromatic heterocycles. The van der Waals surface area contributed by atoms with E-state index in [1.807, 2.05) is 0 Å². The number of fused-ring (bicyclic) bond motifs is 1. The highest BCUT2D eigenvalue weighted by molar-refractivity contribution is 5.86. The lowest BCUT2D eigenvalue weighted by molar-refractivity contribution is -0.105. The van der Waals surface area contributed by atoms with Crippen molar-refractivity contribution < 1.29 is 29.6 Å². The molecule has 0 radical (unpaired) electrons.